The predicted molar refractivity (Wildman–Crippen MR) is 145 cm³/mol. The van der Waals surface area contributed by atoms with E-state index in [1.54, 1.807) is 11.0 Å². The largest absolute Gasteiger partial charge is 0.416 e. The molecule has 2 aliphatic heterocycles. The van der Waals surface area contributed by atoms with Crippen LogP contribution in [-0.2, 0) is 17.5 Å². The number of carbonyl (C=O) groups excluding carboxylic acids is 1. The summed E-state index contributed by atoms with van der Waals surface area (Å²) < 4.78 is 38.7. The second-order valence-electron chi connectivity index (χ2n) is 9.69. The van der Waals surface area contributed by atoms with E-state index >= 15 is 0 Å². The molecule has 0 bridgehead atoms. The SMILES string of the molecule is O=C(C=Cc1cccc(C(F)(F)F)c1)N1CCC(C2CCN(C(=S)NCc3ccccc3Cl)CC2)CC1. The first kappa shape index (κ1) is 27.5. The van der Waals surface area contributed by atoms with Gasteiger partial charge in [0.15, 0.2) is 5.11 Å². The summed E-state index contributed by atoms with van der Waals surface area (Å²) in [6.07, 6.45) is 2.48. The first-order valence-corrected chi connectivity index (χ1v) is 13.4. The summed E-state index contributed by atoms with van der Waals surface area (Å²) in [6, 6.07) is 12.7. The Bertz CT molecular complexity index is 1120. The quantitative estimate of drug-likeness (QED) is 0.346. The molecule has 4 rings (SSSR count). The topological polar surface area (TPSA) is 35.6 Å². The molecule has 0 unspecified atom stereocenters. The van der Waals surface area contributed by atoms with Crippen LogP contribution in [0.5, 0.6) is 0 Å². The Morgan fingerprint density at radius 3 is 2.22 bits per heavy atom. The highest BCUT2D eigenvalue weighted by Crippen LogP contribution is 2.33. The molecule has 2 fully saturated rings. The molecule has 2 aromatic rings. The monoisotopic (exact) mass is 549 g/mol. The van der Waals surface area contributed by atoms with Gasteiger partial charge in [-0.1, -0.05) is 41.9 Å². The lowest BCUT2D eigenvalue weighted by Gasteiger charge is -2.40. The maximum atomic E-state index is 12.9. The Balaban J connectivity index is 1.19. The zero-order chi connectivity index (χ0) is 26.4. The maximum absolute atomic E-state index is 12.9. The number of hydrogen-bond acceptors (Lipinski definition) is 2. The highest BCUT2D eigenvalue weighted by Gasteiger charge is 2.32. The van der Waals surface area contributed by atoms with Gasteiger partial charge >= 0.3 is 6.18 Å². The Hall–Kier alpha value is -2.58. The van der Waals surface area contributed by atoms with Crippen molar-refractivity contribution in [2.75, 3.05) is 26.2 Å². The van der Waals surface area contributed by atoms with Gasteiger partial charge in [0.05, 0.1) is 5.56 Å². The lowest BCUT2D eigenvalue weighted by Crippen LogP contribution is -2.46. The van der Waals surface area contributed by atoms with Gasteiger partial charge in [-0.3, -0.25) is 4.79 Å². The number of thiocarbonyl (C=S) groups is 1. The van der Waals surface area contributed by atoms with E-state index in [-0.39, 0.29) is 5.91 Å². The molecular weight excluding hydrogens is 519 g/mol. The van der Waals surface area contributed by atoms with Gasteiger partial charge in [0.1, 0.15) is 0 Å². The van der Waals surface area contributed by atoms with Crippen molar-refractivity contribution in [1.82, 2.24) is 15.1 Å². The Morgan fingerprint density at radius 2 is 1.59 bits per heavy atom. The molecule has 2 heterocycles. The summed E-state index contributed by atoms with van der Waals surface area (Å²) in [7, 11) is 0. The standard InChI is InChI=1S/C28H31ClF3N3OS/c29-25-7-2-1-5-23(25)19-33-27(37)35-16-12-22(13-17-35)21-10-14-34(15-11-21)26(36)9-8-20-4-3-6-24(18-20)28(30,31)32/h1-9,18,21-22H,10-17,19H2,(H,33,37). The van der Waals surface area contributed by atoms with Crippen LogP contribution in [0.25, 0.3) is 6.08 Å². The minimum absolute atomic E-state index is 0.152. The highest BCUT2D eigenvalue weighted by molar-refractivity contribution is 7.80. The molecule has 198 valence electrons. The van der Waals surface area contributed by atoms with E-state index in [4.69, 9.17) is 23.8 Å². The number of rotatable bonds is 5. The van der Waals surface area contributed by atoms with Gasteiger partial charge in [-0.05, 0) is 85.1 Å². The Kier molecular flexibility index (Phi) is 9.13. The molecule has 2 aromatic carbocycles. The first-order valence-electron chi connectivity index (χ1n) is 12.6. The molecule has 2 aliphatic rings. The number of amides is 1. The van der Waals surface area contributed by atoms with Crippen molar-refractivity contribution in [3.05, 3.63) is 76.3 Å². The maximum Gasteiger partial charge on any atom is 0.416 e. The van der Waals surface area contributed by atoms with E-state index in [2.05, 4.69) is 10.2 Å². The van der Waals surface area contributed by atoms with E-state index in [0.717, 1.165) is 66.6 Å². The van der Waals surface area contributed by atoms with Crippen LogP contribution < -0.4 is 5.32 Å². The van der Waals surface area contributed by atoms with Crippen LogP contribution in [0, 0.1) is 11.8 Å². The van der Waals surface area contributed by atoms with Crippen LogP contribution in [0.2, 0.25) is 5.02 Å². The number of nitrogens with zero attached hydrogens (tertiary/aromatic N) is 2. The average Bonchev–Trinajstić information content (AvgIpc) is 2.91. The van der Waals surface area contributed by atoms with Crippen molar-refractivity contribution >= 4 is 40.9 Å². The number of hydrogen-bond donors (Lipinski definition) is 1. The van der Waals surface area contributed by atoms with Crippen molar-refractivity contribution in [1.29, 1.82) is 0 Å². The summed E-state index contributed by atoms with van der Waals surface area (Å²) >= 11 is 11.8. The fourth-order valence-corrected chi connectivity index (χ4v) is 5.64. The van der Waals surface area contributed by atoms with Crippen molar-refractivity contribution in [2.24, 2.45) is 11.8 Å². The highest BCUT2D eigenvalue weighted by atomic mass is 35.5. The molecule has 37 heavy (non-hydrogen) atoms. The summed E-state index contributed by atoms with van der Waals surface area (Å²) in [5, 5.41) is 4.81. The van der Waals surface area contributed by atoms with Crippen molar-refractivity contribution in [3.63, 3.8) is 0 Å². The number of benzene rings is 2. The van der Waals surface area contributed by atoms with Crippen molar-refractivity contribution < 1.29 is 18.0 Å². The fraction of sp³-hybridized carbons (Fsp3) is 0.429. The molecule has 1 amide bonds. The van der Waals surface area contributed by atoms with Crippen LogP contribution in [0.1, 0.15) is 42.4 Å². The van der Waals surface area contributed by atoms with Crippen molar-refractivity contribution in [2.45, 2.75) is 38.4 Å². The molecule has 4 nitrogen and oxygen atoms in total. The van der Waals surface area contributed by atoms with Crippen LogP contribution in [-0.4, -0.2) is 47.0 Å². The lowest BCUT2D eigenvalue weighted by molar-refractivity contribution is -0.137. The number of nitrogens with one attached hydrogen (secondary N) is 1. The van der Waals surface area contributed by atoms with Crippen LogP contribution in [0.15, 0.2) is 54.6 Å². The number of likely N-dealkylation sites (tertiary alicyclic amines) is 2. The van der Waals surface area contributed by atoms with Gasteiger partial charge < -0.3 is 15.1 Å². The number of piperidine rings is 2. The number of alkyl halides is 3. The summed E-state index contributed by atoms with van der Waals surface area (Å²) in [6.45, 7) is 3.78. The zero-order valence-electron chi connectivity index (χ0n) is 20.5. The van der Waals surface area contributed by atoms with Gasteiger partial charge in [0, 0.05) is 43.8 Å². The zero-order valence-corrected chi connectivity index (χ0v) is 22.1. The first-order chi connectivity index (χ1) is 17.7. The van der Waals surface area contributed by atoms with E-state index in [0.29, 0.717) is 37.0 Å². The second kappa shape index (κ2) is 12.3. The third-order valence-corrected chi connectivity index (χ3v) is 8.14. The molecule has 0 aromatic heterocycles. The van der Waals surface area contributed by atoms with E-state index in [9.17, 15) is 18.0 Å². The Morgan fingerprint density at radius 1 is 0.973 bits per heavy atom. The van der Waals surface area contributed by atoms with Gasteiger partial charge in [-0.15, -0.1) is 0 Å². The Labute approximate surface area is 226 Å². The minimum Gasteiger partial charge on any atom is -0.358 e. The summed E-state index contributed by atoms with van der Waals surface area (Å²) in [4.78, 5) is 16.6. The summed E-state index contributed by atoms with van der Waals surface area (Å²) in [5.74, 6) is 1.03. The fourth-order valence-electron chi connectivity index (χ4n) is 5.18. The molecule has 1 N–H and O–H groups in total. The summed E-state index contributed by atoms with van der Waals surface area (Å²) in [5.41, 5.74) is 0.669. The number of halogens is 4. The third kappa shape index (κ3) is 7.48. The molecule has 9 heteroatoms. The second-order valence-corrected chi connectivity index (χ2v) is 10.5. The molecule has 0 saturated carbocycles. The smallest absolute Gasteiger partial charge is 0.358 e. The van der Waals surface area contributed by atoms with Gasteiger partial charge in [0.25, 0.3) is 0 Å². The van der Waals surface area contributed by atoms with Gasteiger partial charge in [-0.2, -0.15) is 13.2 Å². The van der Waals surface area contributed by atoms with Crippen LogP contribution in [0.3, 0.4) is 0 Å². The molecule has 0 radical (unpaired) electrons. The van der Waals surface area contributed by atoms with E-state index in [1.807, 2.05) is 24.3 Å². The minimum atomic E-state index is -4.40. The van der Waals surface area contributed by atoms with Crippen LogP contribution >= 0.6 is 23.8 Å². The van der Waals surface area contributed by atoms with Gasteiger partial charge in [0.2, 0.25) is 5.91 Å². The van der Waals surface area contributed by atoms with E-state index in [1.165, 1.54) is 18.2 Å². The van der Waals surface area contributed by atoms with Crippen LogP contribution in [0.4, 0.5) is 13.2 Å². The average molecular weight is 550 g/mol. The molecule has 2 saturated heterocycles. The lowest BCUT2D eigenvalue weighted by atomic mass is 9.79. The third-order valence-electron chi connectivity index (χ3n) is 7.37. The molecule has 0 spiro atoms. The normalized spacial score (nSPS) is 17.8. The van der Waals surface area contributed by atoms with Crippen molar-refractivity contribution in [3.8, 4) is 0 Å². The number of carbonyl (C=O) groups is 1. The molecule has 0 aliphatic carbocycles. The molecule has 0 atom stereocenters. The predicted octanol–water partition coefficient (Wildman–Crippen LogP) is 6.40. The molecular formula is C28H31ClF3N3OS. The van der Waals surface area contributed by atoms with E-state index < -0.39 is 11.7 Å². The van der Waals surface area contributed by atoms with Gasteiger partial charge in [-0.25, -0.2) is 0 Å².